The van der Waals surface area contributed by atoms with Crippen LogP contribution in [0.2, 0.25) is 0 Å². The average Bonchev–Trinajstić information content (AvgIpc) is 3.26. The lowest BCUT2D eigenvalue weighted by molar-refractivity contribution is -0.386. The molecule has 2 aromatic heterocycles. The Kier molecular flexibility index (Phi) is 5.95. The number of methoxy groups -OCH3 is 3. The van der Waals surface area contributed by atoms with E-state index in [4.69, 9.17) is 14.2 Å². The van der Waals surface area contributed by atoms with Crippen LogP contribution in [0, 0.1) is 10.1 Å². The van der Waals surface area contributed by atoms with Gasteiger partial charge >= 0.3 is 5.69 Å². The fourth-order valence-electron chi connectivity index (χ4n) is 3.65. The van der Waals surface area contributed by atoms with Gasteiger partial charge in [-0.1, -0.05) is 11.3 Å². The molecular formula is C20H21N5O6S. The molecule has 1 aromatic carbocycles. The van der Waals surface area contributed by atoms with E-state index in [-0.39, 0.29) is 22.8 Å². The second kappa shape index (κ2) is 8.83. The number of anilines is 1. The lowest BCUT2D eigenvalue weighted by Crippen LogP contribution is -2.48. The Balaban J connectivity index is 1.59. The van der Waals surface area contributed by atoms with Crippen LogP contribution in [0.15, 0.2) is 24.4 Å². The van der Waals surface area contributed by atoms with Crippen molar-refractivity contribution in [3.05, 3.63) is 40.1 Å². The number of benzene rings is 1. The summed E-state index contributed by atoms with van der Waals surface area (Å²) in [6.45, 7) is 1.86. The number of thiazole rings is 1. The van der Waals surface area contributed by atoms with Crippen LogP contribution in [-0.2, 0) is 0 Å². The molecule has 11 nitrogen and oxygen atoms in total. The van der Waals surface area contributed by atoms with E-state index < -0.39 is 16.5 Å². The topological polar surface area (TPSA) is 120 Å². The van der Waals surface area contributed by atoms with Gasteiger partial charge in [0.05, 0.1) is 26.3 Å². The number of amides is 1. The van der Waals surface area contributed by atoms with Gasteiger partial charge in [0.15, 0.2) is 10.9 Å². The van der Waals surface area contributed by atoms with E-state index in [9.17, 15) is 14.9 Å². The van der Waals surface area contributed by atoms with Gasteiger partial charge in [0.2, 0.25) is 11.5 Å². The number of fused-ring (bicyclic) bond motifs is 1. The summed E-state index contributed by atoms with van der Waals surface area (Å²) in [6, 6.07) is 5.08. The number of aromatic nitrogens is 2. The van der Waals surface area contributed by atoms with Crippen molar-refractivity contribution < 1.29 is 23.9 Å². The predicted octanol–water partition coefficient (Wildman–Crippen LogP) is 2.59. The standard InChI is InChI=1S/C20H21N5O6S/c1-29-14-11-12(15(25(27)28)17(31-3)16(14)30-2)19(26)23-7-9-24(10-8-23)20-22-13-5-4-6-21-18(13)32-20/h4-6,11H,7-10H2,1-3H3. The molecule has 1 fully saturated rings. The molecule has 0 bridgehead atoms. The lowest BCUT2D eigenvalue weighted by Gasteiger charge is -2.34. The van der Waals surface area contributed by atoms with E-state index in [1.807, 2.05) is 12.1 Å². The van der Waals surface area contributed by atoms with Crippen molar-refractivity contribution in [1.82, 2.24) is 14.9 Å². The van der Waals surface area contributed by atoms with Crippen molar-refractivity contribution in [3.63, 3.8) is 0 Å². The molecule has 0 aliphatic carbocycles. The van der Waals surface area contributed by atoms with Gasteiger partial charge in [0, 0.05) is 38.4 Å². The van der Waals surface area contributed by atoms with Crippen LogP contribution in [0.3, 0.4) is 0 Å². The van der Waals surface area contributed by atoms with Gasteiger partial charge in [-0.15, -0.1) is 0 Å². The first-order valence-corrected chi connectivity index (χ1v) is 10.5. The fourth-order valence-corrected chi connectivity index (χ4v) is 4.61. The highest BCUT2D eigenvalue weighted by molar-refractivity contribution is 7.21. The van der Waals surface area contributed by atoms with Crippen molar-refractivity contribution in [1.29, 1.82) is 0 Å². The van der Waals surface area contributed by atoms with Crippen LogP contribution in [0.25, 0.3) is 10.3 Å². The number of nitrogens with zero attached hydrogens (tertiary/aromatic N) is 5. The third-order valence-corrected chi connectivity index (χ3v) is 6.25. The van der Waals surface area contributed by atoms with E-state index in [2.05, 4.69) is 14.9 Å². The van der Waals surface area contributed by atoms with E-state index >= 15 is 0 Å². The summed E-state index contributed by atoms with van der Waals surface area (Å²) in [6.07, 6.45) is 1.73. The smallest absolute Gasteiger partial charge is 0.327 e. The Morgan fingerprint density at radius 3 is 2.44 bits per heavy atom. The molecule has 3 heterocycles. The highest BCUT2D eigenvalue weighted by Crippen LogP contribution is 2.46. The number of carbonyl (C=O) groups excluding carboxylic acids is 1. The molecule has 32 heavy (non-hydrogen) atoms. The first kappa shape index (κ1) is 21.6. The van der Waals surface area contributed by atoms with Gasteiger partial charge < -0.3 is 24.0 Å². The van der Waals surface area contributed by atoms with Crippen molar-refractivity contribution in [3.8, 4) is 17.2 Å². The highest BCUT2D eigenvalue weighted by atomic mass is 32.1. The third kappa shape index (κ3) is 3.73. The Morgan fingerprint density at radius 2 is 1.84 bits per heavy atom. The molecule has 1 aliphatic rings. The van der Waals surface area contributed by atoms with E-state index in [0.29, 0.717) is 26.2 Å². The summed E-state index contributed by atoms with van der Waals surface area (Å²) in [4.78, 5) is 37.9. The van der Waals surface area contributed by atoms with E-state index in [1.54, 1.807) is 11.1 Å². The van der Waals surface area contributed by atoms with Gasteiger partial charge in [0.25, 0.3) is 5.91 Å². The fraction of sp³-hybridized carbons (Fsp3) is 0.350. The largest absolute Gasteiger partial charge is 0.493 e. The van der Waals surface area contributed by atoms with Crippen LogP contribution in [0.5, 0.6) is 17.2 Å². The number of pyridine rings is 1. The summed E-state index contributed by atoms with van der Waals surface area (Å²) in [5.74, 6) is -0.381. The maximum Gasteiger partial charge on any atom is 0.327 e. The van der Waals surface area contributed by atoms with Gasteiger partial charge in [-0.05, 0) is 12.1 Å². The van der Waals surface area contributed by atoms with Gasteiger partial charge in [0.1, 0.15) is 15.9 Å². The SMILES string of the molecule is COc1cc(C(=O)N2CCN(c3nc4cccnc4s3)CC2)c([N+](=O)[O-])c(OC)c1OC. The minimum absolute atomic E-state index is 0.0625. The lowest BCUT2D eigenvalue weighted by atomic mass is 10.1. The summed E-state index contributed by atoms with van der Waals surface area (Å²) < 4.78 is 15.7. The number of nitro groups is 1. The molecule has 12 heteroatoms. The summed E-state index contributed by atoms with van der Waals surface area (Å²) in [5.41, 5.74) is 0.274. The molecule has 0 spiro atoms. The molecule has 3 aromatic rings. The number of nitro benzene ring substituents is 1. The minimum Gasteiger partial charge on any atom is -0.493 e. The van der Waals surface area contributed by atoms with Crippen molar-refractivity contribution in [2.24, 2.45) is 0 Å². The van der Waals surface area contributed by atoms with Crippen LogP contribution >= 0.6 is 11.3 Å². The third-order valence-electron chi connectivity index (χ3n) is 5.21. The predicted molar refractivity (Wildman–Crippen MR) is 118 cm³/mol. The summed E-state index contributed by atoms with van der Waals surface area (Å²) in [5, 5.41) is 12.7. The second-order valence-corrected chi connectivity index (χ2v) is 7.86. The van der Waals surface area contributed by atoms with Crippen LogP contribution in [0.4, 0.5) is 10.8 Å². The van der Waals surface area contributed by atoms with E-state index in [1.165, 1.54) is 38.7 Å². The maximum atomic E-state index is 13.3. The number of hydrogen-bond donors (Lipinski definition) is 0. The normalized spacial score (nSPS) is 13.8. The first-order chi connectivity index (χ1) is 15.5. The number of rotatable bonds is 6. The number of ether oxygens (including phenoxy) is 3. The molecule has 4 rings (SSSR count). The molecule has 1 saturated heterocycles. The van der Waals surface area contributed by atoms with Crippen molar-refractivity contribution >= 4 is 38.4 Å². The van der Waals surface area contributed by atoms with Crippen molar-refractivity contribution in [2.45, 2.75) is 0 Å². The van der Waals surface area contributed by atoms with Gasteiger partial charge in [-0.3, -0.25) is 14.9 Å². The molecule has 168 valence electrons. The van der Waals surface area contributed by atoms with Gasteiger partial charge in [-0.2, -0.15) is 0 Å². The molecular weight excluding hydrogens is 438 g/mol. The second-order valence-electron chi connectivity index (χ2n) is 6.90. The number of hydrogen-bond acceptors (Lipinski definition) is 10. The Bertz CT molecular complexity index is 1140. The summed E-state index contributed by atoms with van der Waals surface area (Å²) in [7, 11) is 4.02. The van der Waals surface area contributed by atoms with Crippen molar-refractivity contribution in [2.75, 3.05) is 52.4 Å². The van der Waals surface area contributed by atoms with E-state index in [0.717, 1.165) is 15.5 Å². The van der Waals surface area contributed by atoms with Crippen LogP contribution in [-0.4, -0.2) is 73.2 Å². The maximum absolute atomic E-state index is 13.3. The average molecular weight is 459 g/mol. The molecule has 0 N–H and O–H groups in total. The molecule has 0 atom stereocenters. The Hall–Kier alpha value is -3.67. The molecule has 1 aliphatic heterocycles. The molecule has 0 radical (unpaired) electrons. The zero-order valence-corrected chi connectivity index (χ0v) is 18.5. The Morgan fingerprint density at radius 1 is 1.12 bits per heavy atom. The van der Waals surface area contributed by atoms with Crippen LogP contribution in [0.1, 0.15) is 10.4 Å². The van der Waals surface area contributed by atoms with Crippen LogP contribution < -0.4 is 19.1 Å². The summed E-state index contributed by atoms with van der Waals surface area (Å²) >= 11 is 1.49. The molecule has 0 unspecified atom stereocenters. The van der Waals surface area contributed by atoms with Gasteiger partial charge in [-0.25, -0.2) is 9.97 Å². The molecule has 0 saturated carbocycles. The monoisotopic (exact) mass is 459 g/mol. The Labute approximate surface area is 187 Å². The number of piperazine rings is 1. The molecule has 1 amide bonds. The zero-order chi connectivity index (χ0) is 22.8. The quantitative estimate of drug-likeness (QED) is 0.404. The highest BCUT2D eigenvalue weighted by Gasteiger charge is 2.35. The number of carbonyl (C=O) groups is 1. The minimum atomic E-state index is -0.640. The zero-order valence-electron chi connectivity index (χ0n) is 17.7. The first-order valence-electron chi connectivity index (χ1n) is 9.71.